The maximum atomic E-state index is 12.9. The predicted molar refractivity (Wildman–Crippen MR) is 97.9 cm³/mol. The number of nitrogens with zero attached hydrogens (tertiary/aromatic N) is 1. The molecule has 1 heterocycles. The summed E-state index contributed by atoms with van der Waals surface area (Å²) >= 11 is 0. The molecule has 0 spiro atoms. The van der Waals surface area contributed by atoms with Gasteiger partial charge in [0, 0.05) is 24.1 Å². The lowest BCUT2D eigenvalue weighted by Gasteiger charge is -2.24. The number of rotatable bonds is 5. The molecule has 2 atom stereocenters. The highest BCUT2D eigenvalue weighted by Gasteiger charge is 2.68. The van der Waals surface area contributed by atoms with E-state index in [-0.39, 0.29) is 36.4 Å². The van der Waals surface area contributed by atoms with Crippen LogP contribution in [0, 0.1) is 17.3 Å². The fourth-order valence-electron chi connectivity index (χ4n) is 4.34. The van der Waals surface area contributed by atoms with Crippen LogP contribution in [0.4, 0.5) is 0 Å². The van der Waals surface area contributed by atoms with Crippen LogP contribution in [0.5, 0.6) is 5.75 Å². The Hall–Kier alpha value is -2.37. The normalized spacial score (nSPS) is 22.8. The molecule has 136 valence electrons. The fourth-order valence-corrected chi connectivity index (χ4v) is 4.34. The van der Waals surface area contributed by atoms with Crippen molar-refractivity contribution in [3.05, 3.63) is 54.1 Å². The second-order valence-electron chi connectivity index (χ2n) is 7.29. The van der Waals surface area contributed by atoms with E-state index in [1.165, 1.54) is 0 Å². The number of likely N-dealkylation sites (tertiary alicyclic amines) is 1. The van der Waals surface area contributed by atoms with Gasteiger partial charge in [-0.15, -0.1) is 0 Å². The first-order chi connectivity index (χ1) is 12.6. The fraction of sp³-hybridized carbons (Fsp3) is 0.381. The predicted octanol–water partition coefficient (Wildman–Crippen LogP) is 2.03. The number of fused-ring (bicyclic) bond motifs is 1. The first kappa shape index (κ1) is 17.1. The number of ether oxygens (including phenoxy) is 1. The summed E-state index contributed by atoms with van der Waals surface area (Å²) in [6.45, 7) is 1.19. The molecule has 1 aliphatic carbocycles. The lowest BCUT2D eigenvalue weighted by Crippen LogP contribution is -2.36. The molecule has 5 nitrogen and oxygen atoms in total. The topological polar surface area (TPSA) is 70.0 Å². The minimum absolute atomic E-state index is 0.00623. The molecule has 1 amide bonds. The third-order valence-corrected chi connectivity index (χ3v) is 6.08. The van der Waals surface area contributed by atoms with E-state index >= 15 is 0 Å². The second kappa shape index (κ2) is 6.41. The Balaban J connectivity index is 1.52. The van der Waals surface area contributed by atoms with Gasteiger partial charge in [-0.1, -0.05) is 24.3 Å². The summed E-state index contributed by atoms with van der Waals surface area (Å²) in [5.41, 5.74) is 2.26. The van der Waals surface area contributed by atoms with Gasteiger partial charge in [0.05, 0.1) is 20.3 Å². The zero-order valence-electron chi connectivity index (χ0n) is 14.8. The van der Waals surface area contributed by atoms with Crippen molar-refractivity contribution in [2.24, 2.45) is 17.3 Å². The van der Waals surface area contributed by atoms with Crippen molar-refractivity contribution < 1.29 is 19.7 Å². The molecule has 2 fully saturated rings. The van der Waals surface area contributed by atoms with E-state index in [4.69, 9.17) is 4.74 Å². The molecule has 0 bridgehead atoms. The zero-order valence-corrected chi connectivity index (χ0v) is 14.8. The van der Waals surface area contributed by atoms with Crippen molar-refractivity contribution in [1.82, 2.24) is 4.90 Å². The van der Waals surface area contributed by atoms with Gasteiger partial charge < -0.3 is 19.8 Å². The Bertz CT molecular complexity index is 816. The molecule has 2 aromatic rings. The number of piperidine rings is 1. The summed E-state index contributed by atoms with van der Waals surface area (Å²) in [6.07, 6.45) is 0. The zero-order chi connectivity index (χ0) is 18.3. The van der Waals surface area contributed by atoms with E-state index in [9.17, 15) is 15.0 Å². The number of aliphatic hydroxyl groups excluding tert-OH is 2. The standard InChI is InChI=1S/C21H23NO4/c1-26-17-7-3-5-15(9-17)14-4-2-6-16(8-14)20(25)22-10-18-19(11-22)21(18,12-23)13-24/h2-9,18-19,23-24H,10-13H2,1H3. The molecule has 1 saturated carbocycles. The quantitative estimate of drug-likeness (QED) is 0.863. The third kappa shape index (κ3) is 2.59. The van der Waals surface area contributed by atoms with Crippen LogP contribution in [0.25, 0.3) is 11.1 Å². The molecule has 1 saturated heterocycles. The van der Waals surface area contributed by atoms with Crippen molar-refractivity contribution in [3.8, 4) is 16.9 Å². The molecule has 2 aromatic carbocycles. The van der Waals surface area contributed by atoms with Crippen LogP contribution in [0.15, 0.2) is 48.5 Å². The highest BCUT2D eigenvalue weighted by molar-refractivity contribution is 5.95. The number of aliphatic hydroxyl groups is 2. The Morgan fingerprint density at radius 2 is 1.69 bits per heavy atom. The lowest BCUT2D eigenvalue weighted by molar-refractivity contribution is 0.0637. The number of hydrogen-bond donors (Lipinski definition) is 2. The highest BCUT2D eigenvalue weighted by Crippen LogP contribution is 2.62. The van der Waals surface area contributed by atoms with Crippen LogP contribution in [-0.4, -0.2) is 54.4 Å². The van der Waals surface area contributed by atoms with Gasteiger partial charge in [-0.3, -0.25) is 4.79 Å². The molecule has 2 unspecified atom stereocenters. The van der Waals surface area contributed by atoms with E-state index < -0.39 is 0 Å². The largest absolute Gasteiger partial charge is 0.497 e. The Morgan fingerprint density at radius 1 is 1.08 bits per heavy atom. The monoisotopic (exact) mass is 353 g/mol. The van der Waals surface area contributed by atoms with Gasteiger partial charge in [-0.2, -0.15) is 0 Å². The summed E-state index contributed by atoms with van der Waals surface area (Å²) in [5, 5.41) is 19.1. The molecule has 4 rings (SSSR count). The number of methoxy groups -OCH3 is 1. The SMILES string of the molecule is COc1cccc(-c2cccc(C(=O)N3CC4C(C3)C4(CO)CO)c2)c1. The van der Waals surface area contributed by atoms with E-state index in [0.29, 0.717) is 18.7 Å². The van der Waals surface area contributed by atoms with Crippen molar-refractivity contribution in [2.75, 3.05) is 33.4 Å². The van der Waals surface area contributed by atoms with E-state index in [1.54, 1.807) is 7.11 Å². The summed E-state index contributed by atoms with van der Waals surface area (Å²) in [5.74, 6) is 1.21. The van der Waals surface area contributed by atoms with Gasteiger partial charge in [0.2, 0.25) is 0 Å². The molecule has 0 radical (unpaired) electrons. The third-order valence-electron chi connectivity index (χ3n) is 6.08. The van der Waals surface area contributed by atoms with Crippen LogP contribution in [0.2, 0.25) is 0 Å². The maximum Gasteiger partial charge on any atom is 0.253 e. The number of carbonyl (C=O) groups excluding carboxylic acids is 1. The number of hydrogen-bond acceptors (Lipinski definition) is 4. The molecule has 26 heavy (non-hydrogen) atoms. The van der Waals surface area contributed by atoms with Gasteiger partial charge in [-0.25, -0.2) is 0 Å². The minimum Gasteiger partial charge on any atom is -0.497 e. The van der Waals surface area contributed by atoms with Crippen LogP contribution in [0.1, 0.15) is 10.4 Å². The average molecular weight is 353 g/mol. The molecule has 0 aromatic heterocycles. The molecule has 5 heteroatoms. The minimum atomic E-state index is -0.376. The van der Waals surface area contributed by atoms with Crippen molar-refractivity contribution >= 4 is 5.91 Å². The van der Waals surface area contributed by atoms with Gasteiger partial charge in [0.25, 0.3) is 5.91 Å². The van der Waals surface area contributed by atoms with Crippen LogP contribution in [0.3, 0.4) is 0 Å². The molecule has 1 aliphatic heterocycles. The number of benzene rings is 2. The van der Waals surface area contributed by atoms with Crippen LogP contribution in [-0.2, 0) is 0 Å². The van der Waals surface area contributed by atoms with Crippen LogP contribution >= 0.6 is 0 Å². The van der Waals surface area contributed by atoms with Crippen molar-refractivity contribution in [1.29, 1.82) is 0 Å². The first-order valence-electron chi connectivity index (χ1n) is 8.88. The molecular formula is C21H23NO4. The Kier molecular flexibility index (Phi) is 4.21. The van der Waals surface area contributed by atoms with Crippen molar-refractivity contribution in [3.63, 3.8) is 0 Å². The number of carbonyl (C=O) groups is 1. The molecule has 2 N–H and O–H groups in total. The lowest BCUT2D eigenvalue weighted by atomic mass is 10.0. The summed E-state index contributed by atoms with van der Waals surface area (Å²) < 4.78 is 5.28. The summed E-state index contributed by atoms with van der Waals surface area (Å²) in [6, 6.07) is 15.4. The summed E-state index contributed by atoms with van der Waals surface area (Å²) in [7, 11) is 1.64. The van der Waals surface area contributed by atoms with E-state index in [2.05, 4.69) is 0 Å². The van der Waals surface area contributed by atoms with Gasteiger partial charge in [0.15, 0.2) is 0 Å². The maximum absolute atomic E-state index is 12.9. The van der Waals surface area contributed by atoms with Crippen molar-refractivity contribution in [2.45, 2.75) is 0 Å². The van der Waals surface area contributed by atoms with Gasteiger partial charge in [0.1, 0.15) is 5.75 Å². The van der Waals surface area contributed by atoms with Gasteiger partial charge >= 0.3 is 0 Å². The molecular weight excluding hydrogens is 330 g/mol. The van der Waals surface area contributed by atoms with Crippen LogP contribution < -0.4 is 4.74 Å². The highest BCUT2D eigenvalue weighted by atomic mass is 16.5. The first-order valence-corrected chi connectivity index (χ1v) is 8.88. The van der Waals surface area contributed by atoms with Gasteiger partial charge in [-0.05, 0) is 47.2 Å². The number of amides is 1. The van der Waals surface area contributed by atoms with E-state index in [0.717, 1.165) is 16.9 Å². The summed E-state index contributed by atoms with van der Waals surface area (Å²) in [4.78, 5) is 14.7. The smallest absolute Gasteiger partial charge is 0.253 e. The molecule has 2 aliphatic rings. The second-order valence-corrected chi connectivity index (χ2v) is 7.29. The van der Waals surface area contributed by atoms with E-state index in [1.807, 2.05) is 53.4 Å². The Morgan fingerprint density at radius 3 is 2.31 bits per heavy atom. The Labute approximate surface area is 152 Å². The average Bonchev–Trinajstić information content (AvgIpc) is 3.06.